The first-order chi connectivity index (χ1) is 8.48. The molecule has 0 aromatic heterocycles. The van der Waals surface area contributed by atoms with E-state index >= 15 is 0 Å². The molecule has 0 amide bonds. The smallest absolute Gasteiger partial charge is 0.242 e. The largest absolute Gasteiger partial charge is 0.544 e. The van der Waals surface area contributed by atoms with E-state index in [-0.39, 0.29) is 0 Å². The van der Waals surface area contributed by atoms with Gasteiger partial charge in [0, 0.05) is 0 Å². The highest BCUT2D eigenvalue weighted by Gasteiger charge is 2.22. The summed E-state index contributed by atoms with van der Waals surface area (Å²) in [5.41, 5.74) is 2.18. The zero-order valence-electron chi connectivity index (χ0n) is 13.3. The lowest BCUT2D eigenvalue weighted by molar-refractivity contribution is 0.504. The first-order valence-corrected chi connectivity index (χ1v) is 13.5. The van der Waals surface area contributed by atoms with Crippen LogP contribution in [0.2, 0.25) is 39.3 Å². The molecule has 4 heteroatoms. The fraction of sp³-hybridized carbons (Fsp3) is 0.467. The van der Waals surface area contributed by atoms with Gasteiger partial charge in [0.15, 0.2) is 0 Å². The summed E-state index contributed by atoms with van der Waals surface area (Å²) in [4.78, 5) is 0. The van der Waals surface area contributed by atoms with Crippen LogP contribution in [0.3, 0.4) is 0 Å². The zero-order chi connectivity index (χ0) is 14.8. The van der Waals surface area contributed by atoms with Gasteiger partial charge in [0.1, 0.15) is 11.5 Å². The van der Waals surface area contributed by atoms with Crippen LogP contribution < -0.4 is 4.43 Å². The Bertz CT molecular complexity index is 468. The Morgan fingerprint density at radius 3 is 2.05 bits per heavy atom. The van der Waals surface area contributed by atoms with Gasteiger partial charge in [0.25, 0.3) is 0 Å². The van der Waals surface area contributed by atoms with Crippen molar-refractivity contribution in [1.29, 1.82) is 0 Å². The molecule has 0 aliphatic heterocycles. The van der Waals surface area contributed by atoms with Crippen molar-refractivity contribution in [2.45, 2.75) is 46.2 Å². The number of aryl methyl sites for hydroxylation is 1. The zero-order valence-corrected chi connectivity index (χ0v) is 15.3. The van der Waals surface area contributed by atoms with Gasteiger partial charge in [-0.3, -0.25) is 0 Å². The molecular formula is C15H26O2Si2. The van der Waals surface area contributed by atoms with E-state index in [1.165, 1.54) is 5.56 Å². The fourth-order valence-corrected chi connectivity index (χ4v) is 3.39. The molecule has 2 nitrogen and oxygen atoms in total. The van der Waals surface area contributed by atoms with Crippen LogP contribution in [0.15, 0.2) is 24.8 Å². The number of rotatable bonds is 5. The molecule has 0 saturated heterocycles. The summed E-state index contributed by atoms with van der Waals surface area (Å²) in [6.07, 6.45) is 0. The predicted molar refractivity (Wildman–Crippen MR) is 88.6 cm³/mol. The van der Waals surface area contributed by atoms with Gasteiger partial charge in [-0.05, 0) is 58.3 Å². The highest BCUT2D eigenvalue weighted by molar-refractivity contribution is 6.71. The number of hydrogen-bond donors (Lipinski definition) is 0. The molecule has 0 N–H and O–H groups in total. The lowest BCUT2D eigenvalue weighted by Crippen LogP contribution is -2.30. The topological polar surface area (TPSA) is 18.5 Å². The van der Waals surface area contributed by atoms with Crippen molar-refractivity contribution in [2.75, 3.05) is 0 Å². The van der Waals surface area contributed by atoms with E-state index in [1.54, 1.807) is 0 Å². The van der Waals surface area contributed by atoms with E-state index in [4.69, 9.17) is 8.85 Å². The molecule has 1 aromatic carbocycles. The van der Waals surface area contributed by atoms with E-state index in [2.05, 4.69) is 64.9 Å². The molecule has 0 aliphatic carbocycles. The summed E-state index contributed by atoms with van der Waals surface area (Å²) in [5, 5.41) is 0. The monoisotopic (exact) mass is 294 g/mol. The van der Waals surface area contributed by atoms with Crippen LogP contribution in [-0.2, 0) is 4.43 Å². The van der Waals surface area contributed by atoms with Crippen LogP contribution >= 0.6 is 0 Å². The van der Waals surface area contributed by atoms with Gasteiger partial charge in [-0.15, -0.1) is 0 Å². The molecule has 0 heterocycles. The van der Waals surface area contributed by atoms with Crippen LogP contribution in [0, 0.1) is 6.92 Å². The molecule has 0 radical (unpaired) electrons. The second-order valence-corrected chi connectivity index (χ2v) is 15.7. The third kappa shape index (κ3) is 5.65. The Labute approximate surface area is 119 Å². The van der Waals surface area contributed by atoms with Crippen LogP contribution in [0.4, 0.5) is 0 Å². The predicted octanol–water partition coefficient (Wildman–Crippen LogP) is 5.03. The molecule has 0 atom stereocenters. The second-order valence-electron chi connectivity index (χ2n) is 6.85. The molecule has 0 aliphatic rings. The van der Waals surface area contributed by atoms with E-state index in [1.807, 2.05) is 6.07 Å². The minimum atomic E-state index is -1.65. The molecule has 1 aromatic rings. The van der Waals surface area contributed by atoms with Crippen LogP contribution in [0.1, 0.15) is 11.1 Å². The lowest BCUT2D eigenvalue weighted by Gasteiger charge is -2.26. The molecule has 1 rings (SSSR count). The van der Waals surface area contributed by atoms with Gasteiger partial charge in [-0.25, -0.2) is 0 Å². The summed E-state index contributed by atoms with van der Waals surface area (Å²) in [7, 11) is -3.28. The molecule has 0 saturated carbocycles. The third-order valence-corrected chi connectivity index (χ3v) is 3.97. The van der Waals surface area contributed by atoms with Crippen molar-refractivity contribution >= 4 is 22.4 Å². The third-order valence-electron chi connectivity index (χ3n) is 2.28. The van der Waals surface area contributed by atoms with E-state index in [0.717, 1.165) is 17.1 Å². The van der Waals surface area contributed by atoms with Crippen molar-refractivity contribution in [3.63, 3.8) is 0 Å². The summed E-state index contributed by atoms with van der Waals surface area (Å²) >= 11 is 0. The van der Waals surface area contributed by atoms with E-state index in [0.29, 0.717) is 0 Å². The SMILES string of the molecule is C=C(O[Si](C)(C)C)c1cc(C)ccc1O[Si](C)(C)C. The Morgan fingerprint density at radius 2 is 1.58 bits per heavy atom. The van der Waals surface area contributed by atoms with Gasteiger partial charge in [-0.2, -0.15) is 0 Å². The van der Waals surface area contributed by atoms with Gasteiger partial charge < -0.3 is 8.85 Å². The Hall–Kier alpha value is -1.01. The molecule has 19 heavy (non-hydrogen) atoms. The van der Waals surface area contributed by atoms with Gasteiger partial charge in [0.2, 0.25) is 16.6 Å². The molecule has 106 valence electrons. The molecular weight excluding hydrogens is 268 g/mol. The first kappa shape index (κ1) is 16.0. The lowest BCUT2D eigenvalue weighted by atomic mass is 10.1. The van der Waals surface area contributed by atoms with Crippen molar-refractivity contribution in [1.82, 2.24) is 0 Å². The number of hydrogen-bond acceptors (Lipinski definition) is 2. The summed E-state index contributed by atoms with van der Waals surface area (Å²) in [5.74, 6) is 1.63. The molecule has 0 unspecified atom stereocenters. The van der Waals surface area contributed by atoms with Crippen molar-refractivity contribution in [3.8, 4) is 5.75 Å². The highest BCUT2D eigenvalue weighted by atomic mass is 28.4. The molecule has 0 fully saturated rings. The van der Waals surface area contributed by atoms with Gasteiger partial charge in [-0.1, -0.05) is 18.2 Å². The second kappa shape index (κ2) is 5.55. The van der Waals surface area contributed by atoms with Crippen molar-refractivity contribution < 1.29 is 8.85 Å². The maximum Gasteiger partial charge on any atom is 0.242 e. The van der Waals surface area contributed by atoms with E-state index < -0.39 is 16.6 Å². The quantitative estimate of drug-likeness (QED) is 0.560. The molecule has 0 spiro atoms. The normalized spacial score (nSPS) is 12.2. The standard InChI is InChI=1S/C15H26O2Si2/c1-12-9-10-15(17-19(6,7)8)14(11-12)13(2)16-18(3,4)5/h9-11H,2H2,1,3-8H3. The Balaban J connectivity index is 3.10. The minimum Gasteiger partial charge on any atom is -0.544 e. The molecule has 0 bridgehead atoms. The van der Waals surface area contributed by atoms with E-state index in [9.17, 15) is 0 Å². The Kier molecular flexibility index (Phi) is 4.69. The summed E-state index contributed by atoms with van der Waals surface area (Å²) < 4.78 is 12.2. The number of benzene rings is 1. The van der Waals surface area contributed by atoms with Crippen LogP contribution in [0.5, 0.6) is 5.75 Å². The average Bonchev–Trinajstić information content (AvgIpc) is 2.16. The van der Waals surface area contributed by atoms with Crippen LogP contribution in [-0.4, -0.2) is 16.6 Å². The fourth-order valence-electron chi connectivity index (χ4n) is 1.71. The summed E-state index contributed by atoms with van der Waals surface area (Å²) in [6.45, 7) is 19.2. The highest BCUT2D eigenvalue weighted by Crippen LogP contribution is 2.30. The minimum absolute atomic E-state index is 0.733. The van der Waals surface area contributed by atoms with Gasteiger partial charge >= 0.3 is 0 Å². The summed E-state index contributed by atoms with van der Waals surface area (Å²) in [6, 6.07) is 6.19. The Morgan fingerprint density at radius 1 is 1.00 bits per heavy atom. The maximum atomic E-state index is 6.14. The maximum absolute atomic E-state index is 6.14. The van der Waals surface area contributed by atoms with Gasteiger partial charge in [0.05, 0.1) is 5.56 Å². The first-order valence-electron chi connectivity index (χ1n) is 6.66. The van der Waals surface area contributed by atoms with Crippen molar-refractivity contribution in [3.05, 3.63) is 35.9 Å². The van der Waals surface area contributed by atoms with Crippen molar-refractivity contribution in [2.24, 2.45) is 0 Å². The van der Waals surface area contributed by atoms with Crippen LogP contribution in [0.25, 0.3) is 5.76 Å². The average molecular weight is 295 g/mol.